The van der Waals surface area contributed by atoms with Crippen molar-refractivity contribution >= 4 is 0 Å². The summed E-state index contributed by atoms with van der Waals surface area (Å²) in [5.41, 5.74) is 4.85. The number of nitrogens with zero attached hydrogens (tertiary/aromatic N) is 13. The van der Waals surface area contributed by atoms with Gasteiger partial charge in [-0.15, -0.1) is 0 Å². The fourth-order valence-corrected chi connectivity index (χ4v) is 21.6. The van der Waals surface area contributed by atoms with Gasteiger partial charge in [0.25, 0.3) is 0 Å². The van der Waals surface area contributed by atoms with Crippen LogP contribution in [0.2, 0.25) is 0 Å². The van der Waals surface area contributed by atoms with Gasteiger partial charge in [0.05, 0.1) is 0 Å². The molecule has 0 aromatic heterocycles. The van der Waals surface area contributed by atoms with E-state index in [1.807, 2.05) is 0 Å². The largest absolute Gasteiger partial charge is 0.301 e. The summed E-state index contributed by atoms with van der Waals surface area (Å²) < 4.78 is 0. The molecule has 0 bridgehead atoms. The van der Waals surface area contributed by atoms with Gasteiger partial charge in [0.15, 0.2) is 0 Å². The lowest BCUT2D eigenvalue weighted by atomic mass is 9.80. The van der Waals surface area contributed by atoms with Crippen molar-refractivity contribution in [3.8, 4) is 0 Å². The quantitative estimate of drug-likeness (QED) is 0.124. The van der Waals surface area contributed by atoms with Crippen molar-refractivity contribution in [2.75, 3.05) is 131 Å². The second-order valence-electron chi connectivity index (χ2n) is 48.2. The highest BCUT2D eigenvalue weighted by atomic mass is 15.3. The van der Waals surface area contributed by atoms with Crippen LogP contribution in [0.1, 0.15) is 458 Å². The lowest BCUT2D eigenvalue weighted by molar-refractivity contribution is 0.00391. The molecule has 1 aromatic carbocycles. The number of hydrogen-bond acceptors (Lipinski definition) is 13. The molecule has 0 aliphatic carbocycles. The number of piperidine rings is 3. The molecule has 0 radical (unpaired) electrons. The van der Waals surface area contributed by atoms with Crippen molar-refractivity contribution in [3.05, 3.63) is 47.0 Å². The number of likely N-dealkylation sites (tertiary alicyclic amines) is 4. The molecule has 810 valence electrons. The van der Waals surface area contributed by atoms with Gasteiger partial charge in [0, 0.05) is 206 Å². The van der Waals surface area contributed by atoms with Crippen molar-refractivity contribution in [2.24, 2.45) is 53.3 Å². The van der Waals surface area contributed by atoms with E-state index < -0.39 is 0 Å². The molecule has 0 N–H and O–H groups in total. The Kier molecular flexibility index (Phi) is 80.7. The van der Waals surface area contributed by atoms with E-state index in [9.17, 15) is 0 Å². The van der Waals surface area contributed by atoms with Gasteiger partial charge in [0.1, 0.15) is 0 Å². The van der Waals surface area contributed by atoms with Crippen LogP contribution in [0.15, 0.2) is 35.9 Å². The molecule has 8 saturated heterocycles. The second kappa shape index (κ2) is 74.3. The molecule has 0 saturated carbocycles. The van der Waals surface area contributed by atoms with Crippen molar-refractivity contribution in [1.82, 2.24) is 63.7 Å². The van der Waals surface area contributed by atoms with E-state index in [0.29, 0.717) is 71.8 Å². The van der Waals surface area contributed by atoms with Crippen LogP contribution in [0.25, 0.3) is 0 Å². The maximum absolute atomic E-state index is 2.68. The van der Waals surface area contributed by atoms with Gasteiger partial charge >= 0.3 is 0 Å². The van der Waals surface area contributed by atoms with Crippen molar-refractivity contribution in [2.45, 2.75) is 561 Å². The fourth-order valence-electron chi connectivity index (χ4n) is 21.6. The Morgan fingerprint density at radius 1 is 0.246 bits per heavy atom. The van der Waals surface area contributed by atoms with Crippen LogP contribution < -0.4 is 0 Å². The average molecular weight is 1900 g/mol. The Labute approximate surface area is 851 Å². The van der Waals surface area contributed by atoms with Crippen LogP contribution >= 0.6 is 0 Å². The minimum absolute atomic E-state index is 0. The van der Waals surface area contributed by atoms with E-state index in [-0.39, 0.29) is 52.0 Å². The summed E-state index contributed by atoms with van der Waals surface area (Å²) in [5.74, 6) is 9.37. The maximum Gasteiger partial charge on any atom is 0.0201 e. The van der Waals surface area contributed by atoms with Gasteiger partial charge in [-0.25, -0.2) is 0 Å². The number of benzene rings is 1. The number of hydrogen-bond donors (Lipinski definition) is 0. The summed E-state index contributed by atoms with van der Waals surface area (Å²) >= 11 is 0. The molecule has 13 heteroatoms. The third-order valence-electron chi connectivity index (χ3n) is 31.1. The molecule has 0 amide bonds. The minimum atomic E-state index is 0. The lowest BCUT2D eigenvalue weighted by Gasteiger charge is -2.48. The summed E-state index contributed by atoms with van der Waals surface area (Å²) in [6.45, 7) is 134. The fraction of sp³-hybridized carbons (Fsp3) is 0.934. The van der Waals surface area contributed by atoms with Gasteiger partial charge < -0.3 is 9.80 Å². The molecule has 0 spiro atoms. The van der Waals surface area contributed by atoms with Gasteiger partial charge in [-0.1, -0.05) is 185 Å². The Hall–Kier alpha value is -1.56. The minimum Gasteiger partial charge on any atom is -0.301 e. The van der Waals surface area contributed by atoms with Crippen molar-refractivity contribution in [3.63, 3.8) is 0 Å². The molecular weight excluding hydrogens is 1640 g/mol. The Balaban J connectivity index is -0.000000266. The van der Waals surface area contributed by atoms with Crippen LogP contribution in [0.5, 0.6) is 0 Å². The first-order chi connectivity index (χ1) is 58.9. The van der Waals surface area contributed by atoms with Crippen LogP contribution in [0.4, 0.5) is 0 Å². The number of rotatable bonds is 19. The van der Waals surface area contributed by atoms with Crippen LogP contribution in [-0.2, 0) is 0 Å². The summed E-state index contributed by atoms with van der Waals surface area (Å²) in [7, 11) is 0. The van der Waals surface area contributed by atoms with Crippen molar-refractivity contribution in [1.29, 1.82) is 0 Å². The van der Waals surface area contributed by atoms with E-state index in [0.717, 1.165) is 114 Å². The molecule has 1 aromatic rings. The second-order valence-corrected chi connectivity index (χ2v) is 48.2. The SMILES string of the molecule is C.C.C.C.C.C.C.CC(C)C1=CCN(C(C)C)CC1.CC(C)C1CC(C)N(C(C)C)C(C)C1.CC(C)C1CCN(C(C)C)C(C)C1.CC(C)C1CCN(C(C)C)C1.CC(C)C1CCN(C(C)C)CC1.CC(C)N1CC(C)N(C(C)C)C(C)C1.CC(C)N1CCCN(C(C)(C)C)CC1.CC(C)N1CCN(C(C)C)C(C)C1.CC(C)N1CCN(C(C)C)CC1.CC(C)c1ccc(C(C)C)cc1. The zero-order valence-electron chi connectivity index (χ0n) is 94.9. The van der Waals surface area contributed by atoms with E-state index >= 15 is 0 Å². The predicted molar refractivity (Wildman–Crippen MR) is 619 cm³/mol. The summed E-state index contributed by atoms with van der Waals surface area (Å²) in [6.07, 6.45) is 14.8. The van der Waals surface area contributed by atoms with Gasteiger partial charge in [-0.2, -0.15) is 0 Å². The van der Waals surface area contributed by atoms with E-state index in [1.54, 1.807) is 5.57 Å². The molecule has 10 rings (SSSR count). The Bertz CT molecular complexity index is 2640. The third-order valence-corrected chi connectivity index (χ3v) is 31.1. The topological polar surface area (TPSA) is 42.1 Å². The van der Waals surface area contributed by atoms with Crippen LogP contribution in [0, 0.1) is 53.3 Å². The highest BCUT2D eigenvalue weighted by Gasteiger charge is 2.36. The smallest absolute Gasteiger partial charge is 0.0201 e. The lowest BCUT2D eigenvalue weighted by Crippen LogP contribution is -2.60. The molecule has 9 aliphatic heterocycles. The van der Waals surface area contributed by atoms with E-state index in [4.69, 9.17) is 0 Å². The summed E-state index contributed by atoms with van der Waals surface area (Å²) in [6, 6.07) is 21.9. The first kappa shape index (κ1) is 145. The molecule has 8 unspecified atom stereocenters. The first-order valence-corrected chi connectivity index (χ1v) is 54.4. The molecule has 13 nitrogen and oxygen atoms in total. The van der Waals surface area contributed by atoms with Crippen LogP contribution in [-0.4, -0.2) is 309 Å². The van der Waals surface area contributed by atoms with E-state index in [2.05, 4.69) is 419 Å². The van der Waals surface area contributed by atoms with E-state index in [1.165, 1.54) is 193 Å². The highest BCUT2D eigenvalue weighted by Crippen LogP contribution is 2.35. The van der Waals surface area contributed by atoms with Gasteiger partial charge in [-0.3, -0.25) is 53.9 Å². The molecular formula is C121H261N13. The molecule has 134 heavy (non-hydrogen) atoms. The van der Waals surface area contributed by atoms with Gasteiger partial charge in [-0.05, 0) is 402 Å². The maximum atomic E-state index is 2.68. The van der Waals surface area contributed by atoms with Gasteiger partial charge in [0.2, 0.25) is 0 Å². The molecule has 8 fully saturated rings. The normalized spacial score (nSPS) is 24.2. The summed E-state index contributed by atoms with van der Waals surface area (Å²) in [4.78, 5) is 33.7. The molecule has 9 aliphatic rings. The Morgan fingerprint density at radius 3 is 0.851 bits per heavy atom. The average Bonchev–Trinajstić information content (AvgIpc) is 0.981. The van der Waals surface area contributed by atoms with Crippen LogP contribution in [0.3, 0.4) is 0 Å². The van der Waals surface area contributed by atoms with Crippen molar-refractivity contribution < 1.29 is 0 Å². The molecule has 9 heterocycles. The summed E-state index contributed by atoms with van der Waals surface area (Å²) in [5, 5.41) is 0. The zero-order chi connectivity index (χ0) is 97.5. The Morgan fingerprint density at radius 2 is 0.552 bits per heavy atom. The zero-order valence-corrected chi connectivity index (χ0v) is 94.9. The third kappa shape index (κ3) is 55.5. The standard InChI is InChI=1S/C13H27N.2C12H26N2.C12H25N.C12H18.C11H24N2.C11H23N.C11H21N.C10H22N2.C10H21N.7CH4/c2*1-9(2)13-7-11(5)14(10(3)4)12(6)8-13;1-11(2)13-7-6-8-14(10-9-13)12(3,4)5;1-9(2)12-6-7-13(10(3)4)11(5)8-12;1-9(2)11-5-7-12(8-6-11)10(3)4;1-9(2)12-6-7-13(10(3)4)11(5)8-12;3*1-9(2)11-5-7-12(8-6-11)10(3)4;1-8(2)10-5-6-11(7-10)9(3)4;;;;;;;/h9-13H,7-8H2,1-6H3;9-12H,7-8H2,1-6H3;11H,6-10H2,1-5H3;9-12H,6-8H2,1-5H3;5-10H,1-4H3;9-11H,6-8H2,1-5H3;9-11H,5-8H2,1-4H3;5,9-10H,6-8H2,1-4H3;9-10H,5-8H2,1-4H3;8-10H,5-7H2,1-4H3;7*1H4. The predicted octanol–water partition coefficient (Wildman–Crippen LogP) is 30.5. The first-order valence-electron chi connectivity index (χ1n) is 54.4. The number of piperazine rings is 3. The monoisotopic (exact) mass is 1900 g/mol. The molecule has 8 atom stereocenters. The highest BCUT2D eigenvalue weighted by molar-refractivity contribution is 5.26.